The van der Waals surface area contributed by atoms with Crippen LogP contribution < -0.4 is 0 Å². The third-order valence-electron chi connectivity index (χ3n) is 2.42. The first kappa shape index (κ1) is 9.19. The number of methoxy groups -OCH3 is 1. The summed E-state index contributed by atoms with van der Waals surface area (Å²) in [7, 11) is 1.40. The molecule has 0 bridgehead atoms. The normalized spacial score (nSPS) is 15.2. The maximum atomic E-state index is 11.0. The summed E-state index contributed by atoms with van der Waals surface area (Å²) in [4.78, 5) is 15.3. The van der Waals surface area contributed by atoms with Gasteiger partial charge in [0.1, 0.15) is 0 Å². The molecule has 1 fully saturated rings. The number of esters is 1. The summed E-state index contributed by atoms with van der Waals surface area (Å²) in [5.74, 6) is 0.452. The van der Waals surface area contributed by atoms with Crippen LogP contribution in [0.15, 0.2) is 18.3 Å². The number of ether oxygens (including phenoxy) is 1. The van der Waals surface area contributed by atoms with E-state index in [9.17, 15) is 4.79 Å². The zero-order valence-corrected chi connectivity index (χ0v) is 8.19. The van der Waals surface area contributed by atoms with Gasteiger partial charge in [-0.2, -0.15) is 0 Å². The van der Waals surface area contributed by atoms with Crippen LogP contribution in [0.2, 0.25) is 0 Å². The molecule has 0 aromatic carbocycles. The van der Waals surface area contributed by atoms with E-state index in [0.29, 0.717) is 12.3 Å². The van der Waals surface area contributed by atoms with Crippen molar-refractivity contribution in [1.82, 2.24) is 4.98 Å². The molecule has 3 heteroatoms. The standard InChI is InChI=1S/C11H13NO2/c1-14-11(13)6-8-2-5-10(12-7-8)9-3-4-9/h2,5,7,9H,3-4,6H2,1H3. The van der Waals surface area contributed by atoms with Gasteiger partial charge in [-0.05, 0) is 24.5 Å². The van der Waals surface area contributed by atoms with Crippen LogP contribution in [0.3, 0.4) is 0 Å². The molecule has 1 aliphatic carbocycles. The largest absolute Gasteiger partial charge is 0.469 e. The van der Waals surface area contributed by atoms with Crippen molar-refractivity contribution < 1.29 is 9.53 Å². The van der Waals surface area contributed by atoms with Crippen molar-refractivity contribution in [1.29, 1.82) is 0 Å². The van der Waals surface area contributed by atoms with Crippen LogP contribution in [0.4, 0.5) is 0 Å². The molecular formula is C11H13NO2. The Balaban J connectivity index is 2.02. The topological polar surface area (TPSA) is 39.2 Å². The second-order valence-corrected chi connectivity index (χ2v) is 3.62. The molecule has 0 radical (unpaired) electrons. The Hall–Kier alpha value is -1.38. The summed E-state index contributed by atoms with van der Waals surface area (Å²) >= 11 is 0. The van der Waals surface area contributed by atoms with Gasteiger partial charge < -0.3 is 4.74 Å². The quantitative estimate of drug-likeness (QED) is 0.682. The van der Waals surface area contributed by atoms with Gasteiger partial charge in [-0.1, -0.05) is 6.07 Å². The average molecular weight is 191 g/mol. The molecule has 3 nitrogen and oxygen atoms in total. The highest BCUT2D eigenvalue weighted by Gasteiger charge is 2.24. The van der Waals surface area contributed by atoms with Gasteiger partial charge in [-0.3, -0.25) is 9.78 Å². The van der Waals surface area contributed by atoms with Gasteiger partial charge in [-0.25, -0.2) is 0 Å². The molecule has 1 aromatic heterocycles. The van der Waals surface area contributed by atoms with Crippen LogP contribution in [-0.4, -0.2) is 18.1 Å². The fourth-order valence-corrected chi connectivity index (χ4v) is 1.40. The first-order chi connectivity index (χ1) is 6.79. The maximum Gasteiger partial charge on any atom is 0.310 e. The van der Waals surface area contributed by atoms with Gasteiger partial charge in [0.2, 0.25) is 0 Å². The zero-order valence-electron chi connectivity index (χ0n) is 8.19. The molecule has 0 amide bonds. The summed E-state index contributed by atoms with van der Waals surface area (Å²) in [5.41, 5.74) is 2.07. The van der Waals surface area contributed by atoms with E-state index in [0.717, 1.165) is 11.3 Å². The summed E-state index contributed by atoms with van der Waals surface area (Å²) in [6.45, 7) is 0. The van der Waals surface area contributed by atoms with Crippen molar-refractivity contribution in [2.45, 2.75) is 25.2 Å². The van der Waals surface area contributed by atoms with E-state index < -0.39 is 0 Å². The first-order valence-electron chi connectivity index (χ1n) is 4.81. The van der Waals surface area contributed by atoms with Gasteiger partial charge in [-0.15, -0.1) is 0 Å². The number of carbonyl (C=O) groups excluding carboxylic acids is 1. The fourth-order valence-electron chi connectivity index (χ4n) is 1.40. The Morgan fingerprint density at radius 3 is 2.86 bits per heavy atom. The lowest BCUT2D eigenvalue weighted by atomic mass is 10.2. The molecule has 1 heterocycles. The van der Waals surface area contributed by atoms with Crippen molar-refractivity contribution in [3.05, 3.63) is 29.6 Å². The predicted octanol–water partition coefficient (Wildman–Crippen LogP) is 1.67. The molecule has 0 unspecified atom stereocenters. The van der Waals surface area contributed by atoms with Crippen LogP contribution in [0.25, 0.3) is 0 Å². The highest BCUT2D eigenvalue weighted by Crippen LogP contribution is 2.38. The van der Waals surface area contributed by atoms with E-state index in [1.165, 1.54) is 20.0 Å². The molecule has 0 atom stereocenters. The van der Waals surface area contributed by atoms with Crippen molar-refractivity contribution in [3.63, 3.8) is 0 Å². The Bertz CT molecular complexity index is 328. The van der Waals surface area contributed by atoms with E-state index in [-0.39, 0.29) is 5.97 Å². The van der Waals surface area contributed by atoms with Crippen molar-refractivity contribution in [3.8, 4) is 0 Å². The van der Waals surface area contributed by atoms with Crippen LogP contribution in [-0.2, 0) is 16.0 Å². The molecule has 74 valence electrons. The van der Waals surface area contributed by atoms with Crippen LogP contribution in [0.5, 0.6) is 0 Å². The molecule has 0 N–H and O–H groups in total. The summed E-state index contributed by atoms with van der Waals surface area (Å²) in [6.07, 6.45) is 4.59. The monoisotopic (exact) mass is 191 g/mol. The summed E-state index contributed by atoms with van der Waals surface area (Å²) in [6, 6.07) is 3.97. The zero-order chi connectivity index (χ0) is 9.97. The number of nitrogens with zero attached hydrogens (tertiary/aromatic N) is 1. The SMILES string of the molecule is COC(=O)Cc1ccc(C2CC2)nc1. The average Bonchev–Trinajstić information content (AvgIpc) is 3.02. The Kier molecular flexibility index (Phi) is 2.48. The van der Waals surface area contributed by atoms with Gasteiger partial charge >= 0.3 is 5.97 Å². The maximum absolute atomic E-state index is 11.0. The molecule has 1 aliphatic rings. The highest BCUT2D eigenvalue weighted by molar-refractivity contribution is 5.72. The number of pyridine rings is 1. The van der Waals surface area contributed by atoms with Crippen molar-refractivity contribution in [2.24, 2.45) is 0 Å². The number of carbonyl (C=O) groups is 1. The highest BCUT2D eigenvalue weighted by atomic mass is 16.5. The molecule has 0 aliphatic heterocycles. The van der Waals surface area contributed by atoms with Crippen LogP contribution >= 0.6 is 0 Å². The predicted molar refractivity (Wildman–Crippen MR) is 51.9 cm³/mol. The van der Waals surface area contributed by atoms with Gasteiger partial charge in [0.25, 0.3) is 0 Å². The molecule has 1 aromatic rings. The minimum Gasteiger partial charge on any atom is -0.469 e. The molecule has 1 saturated carbocycles. The summed E-state index contributed by atoms with van der Waals surface area (Å²) in [5, 5.41) is 0. The number of aromatic nitrogens is 1. The van der Waals surface area contributed by atoms with E-state index in [4.69, 9.17) is 0 Å². The molecule has 14 heavy (non-hydrogen) atoms. The molecule has 0 spiro atoms. The van der Waals surface area contributed by atoms with Crippen LogP contribution in [0, 0.1) is 0 Å². The van der Waals surface area contributed by atoms with Crippen LogP contribution in [0.1, 0.15) is 30.0 Å². The molecular weight excluding hydrogens is 178 g/mol. The van der Waals surface area contributed by atoms with Crippen molar-refractivity contribution in [2.75, 3.05) is 7.11 Å². The molecule has 0 saturated heterocycles. The number of hydrogen-bond acceptors (Lipinski definition) is 3. The van der Waals surface area contributed by atoms with E-state index in [2.05, 4.69) is 9.72 Å². The minimum atomic E-state index is -0.217. The number of rotatable bonds is 3. The third kappa shape index (κ3) is 2.10. The van der Waals surface area contributed by atoms with Gasteiger partial charge in [0.05, 0.1) is 13.5 Å². The smallest absolute Gasteiger partial charge is 0.310 e. The minimum absolute atomic E-state index is 0.217. The van der Waals surface area contributed by atoms with Crippen molar-refractivity contribution >= 4 is 5.97 Å². The van der Waals surface area contributed by atoms with Gasteiger partial charge in [0.15, 0.2) is 0 Å². The summed E-state index contributed by atoms with van der Waals surface area (Å²) < 4.78 is 4.58. The lowest BCUT2D eigenvalue weighted by molar-refractivity contribution is -0.139. The van der Waals surface area contributed by atoms with E-state index >= 15 is 0 Å². The Morgan fingerprint density at radius 1 is 1.57 bits per heavy atom. The molecule has 2 rings (SSSR count). The lowest BCUT2D eigenvalue weighted by Crippen LogP contribution is -2.04. The Morgan fingerprint density at radius 2 is 2.36 bits per heavy atom. The number of hydrogen-bond donors (Lipinski definition) is 0. The third-order valence-corrected chi connectivity index (χ3v) is 2.42. The van der Waals surface area contributed by atoms with E-state index in [1.54, 1.807) is 6.20 Å². The van der Waals surface area contributed by atoms with E-state index in [1.807, 2.05) is 12.1 Å². The Labute approximate surface area is 83.1 Å². The second kappa shape index (κ2) is 3.78. The fraction of sp³-hybridized carbons (Fsp3) is 0.455. The lowest BCUT2D eigenvalue weighted by Gasteiger charge is -2.01. The second-order valence-electron chi connectivity index (χ2n) is 3.62. The first-order valence-corrected chi connectivity index (χ1v) is 4.81. The van der Waals surface area contributed by atoms with Gasteiger partial charge in [0, 0.05) is 17.8 Å².